The normalized spacial score (nSPS) is 23.2. The number of benzene rings is 3. The minimum Gasteiger partial charge on any atom is -0.432 e. The topological polar surface area (TPSA) is 33.0 Å². The Morgan fingerprint density at radius 1 is 0.732 bits per heavy atom. The maximum atomic E-state index is 15.1. The molecular weight excluding hydrogens is 540 g/mol. The molecule has 5 rings (SSSR count). The number of ether oxygens (including phenoxy) is 1. The Morgan fingerprint density at radius 3 is 1.95 bits per heavy atom. The van der Waals surface area contributed by atoms with E-state index < -0.39 is 40.8 Å². The van der Waals surface area contributed by atoms with E-state index >= 15 is 13.2 Å². The number of hydrogen-bond acceptors (Lipinski definition) is 2. The van der Waals surface area contributed by atoms with Crippen molar-refractivity contribution in [2.24, 2.45) is 11.8 Å². The summed E-state index contributed by atoms with van der Waals surface area (Å²) in [5, 5.41) is 8.81. The number of hydrogen-bond donors (Lipinski definition) is 0. The highest BCUT2D eigenvalue weighted by Crippen LogP contribution is 2.45. The Balaban J connectivity index is 1.22. The Hall–Kier alpha value is -3.47. The lowest BCUT2D eigenvalue weighted by Gasteiger charge is -2.34. The summed E-state index contributed by atoms with van der Waals surface area (Å²) in [6, 6.07) is 11.4. The highest BCUT2D eigenvalue weighted by atomic mass is 19.3. The minimum absolute atomic E-state index is 0.115. The first kappa shape index (κ1) is 29.0. The van der Waals surface area contributed by atoms with Crippen molar-refractivity contribution in [1.82, 2.24) is 0 Å². The molecule has 0 aromatic heterocycles. The molecule has 3 aromatic carbocycles. The maximum absolute atomic E-state index is 15.1. The van der Waals surface area contributed by atoms with E-state index in [1.165, 1.54) is 6.07 Å². The van der Waals surface area contributed by atoms with Crippen LogP contribution in [-0.4, -0.2) is 6.11 Å². The molecule has 0 radical (unpaired) electrons. The molecule has 0 N–H and O–H groups in total. The molecule has 0 saturated heterocycles. The second-order valence-electron chi connectivity index (χ2n) is 11.5. The summed E-state index contributed by atoms with van der Waals surface area (Å²) in [5.41, 5.74) is 0.377. The van der Waals surface area contributed by atoms with Gasteiger partial charge in [0.25, 0.3) is 0 Å². The van der Waals surface area contributed by atoms with Gasteiger partial charge in [0.1, 0.15) is 40.7 Å². The summed E-state index contributed by atoms with van der Waals surface area (Å²) in [7, 11) is 0. The van der Waals surface area contributed by atoms with E-state index in [9.17, 15) is 13.2 Å². The maximum Gasteiger partial charge on any atom is 0.400 e. The van der Waals surface area contributed by atoms with Crippen molar-refractivity contribution in [2.75, 3.05) is 0 Å². The Morgan fingerprint density at radius 2 is 1.37 bits per heavy atom. The fourth-order valence-electron chi connectivity index (χ4n) is 6.33. The summed E-state index contributed by atoms with van der Waals surface area (Å²) < 4.78 is 92.9. The fourth-order valence-corrected chi connectivity index (χ4v) is 6.33. The molecule has 0 heterocycles. The standard InChI is InChI=1S/C33H31F6NO/c1-19-2-4-20(5-3-19)22-8-12-26(29(34)14-22)21-6-9-24(10-7-21)33(38,39)41-25-11-13-27(32(37)17-25)23-15-30(35)28(18-40)31(36)16-23/h8,11-17,19-21,24H,2-7,9-10H2,1H3. The zero-order valence-electron chi connectivity index (χ0n) is 22.7. The van der Waals surface area contributed by atoms with E-state index in [0.717, 1.165) is 61.6 Å². The molecule has 2 saturated carbocycles. The Labute approximate surface area is 236 Å². The summed E-state index contributed by atoms with van der Waals surface area (Å²) in [4.78, 5) is 0. The van der Waals surface area contributed by atoms with Gasteiger partial charge in [-0.15, -0.1) is 0 Å². The second-order valence-corrected chi connectivity index (χ2v) is 11.5. The third-order valence-electron chi connectivity index (χ3n) is 8.81. The van der Waals surface area contributed by atoms with Crippen LogP contribution in [0.15, 0.2) is 48.5 Å². The summed E-state index contributed by atoms with van der Waals surface area (Å²) in [6.45, 7) is 2.24. The van der Waals surface area contributed by atoms with Crippen LogP contribution in [-0.2, 0) is 0 Å². The molecular formula is C33H31F6NO. The molecule has 41 heavy (non-hydrogen) atoms. The predicted molar refractivity (Wildman–Crippen MR) is 144 cm³/mol. The molecule has 2 aliphatic carbocycles. The molecule has 2 fully saturated rings. The number of halogens is 6. The molecule has 2 nitrogen and oxygen atoms in total. The van der Waals surface area contributed by atoms with Crippen LogP contribution < -0.4 is 4.74 Å². The van der Waals surface area contributed by atoms with Gasteiger partial charge in [0, 0.05) is 11.6 Å². The van der Waals surface area contributed by atoms with Crippen LogP contribution in [0.2, 0.25) is 0 Å². The van der Waals surface area contributed by atoms with Crippen molar-refractivity contribution in [3.8, 4) is 22.9 Å². The van der Waals surface area contributed by atoms with Crippen molar-refractivity contribution < 1.29 is 31.1 Å². The van der Waals surface area contributed by atoms with Crippen LogP contribution in [0.5, 0.6) is 5.75 Å². The molecule has 0 bridgehead atoms. The van der Waals surface area contributed by atoms with E-state index in [2.05, 4.69) is 6.92 Å². The van der Waals surface area contributed by atoms with Crippen molar-refractivity contribution in [2.45, 2.75) is 76.2 Å². The molecule has 0 atom stereocenters. The van der Waals surface area contributed by atoms with Crippen LogP contribution in [0.1, 0.15) is 86.8 Å². The van der Waals surface area contributed by atoms with Gasteiger partial charge in [-0.2, -0.15) is 14.0 Å². The third-order valence-corrected chi connectivity index (χ3v) is 8.81. The highest BCUT2D eigenvalue weighted by Gasteiger charge is 2.44. The van der Waals surface area contributed by atoms with Gasteiger partial charge in [0.05, 0.1) is 5.92 Å². The van der Waals surface area contributed by atoms with Gasteiger partial charge in [-0.25, -0.2) is 17.6 Å². The average molecular weight is 572 g/mol. The zero-order chi connectivity index (χ0) is 29.3. The lowest BCUT2D eigenvalue weighted by molar-refractivity contribution is -0.222. The van der Waals surface area contributed by atoms with Gasteiger partial charge >= 0.3 is 6.11 Å². The molecule has 0 amide bonds. The molecule has 0 spiro atoms. The van der Waals surface area contributed by atoms with Gasteiger partial charge in [0.15, 0.2) is 0 Å². The summed E-state index contributed by atoms with van der Waals surface area (Å²) in [6.07, 6.45) is 1.79. The van der Waals surface area contributed by atoms with Crippen LogP contribution >= 0.6 is 0 Å². The predicted octanol–water partition coefficient (Wildman–Crippen LogP) is 10.0. The lowest BCUT2D eigenvalue weighted by Crippen LogP contribution is -2.37. The SMILES string of the molecule is CC1CCC(c2ccc(C3CCC(C(F)(F)Oc4ccc(-c5cc(F)c(C#N)c(F)c5)c(F)c4)CC3)c(F)c2)CC1. The van der Waals surface area contributed by atoms with Crippen molar-refractivity contribution in [3.63, 3.8) is 0 Å². The van der Waals surface area contributed by atoms with E-state index in [-0.39, 0.29) is 35.7 Å². The van der Waals surface area contributed by atoms with Gasteiger partial charge < -0.3 is 4.74 Å². The monoisotopic (exact) mass is 571 g/mol. The van der Waals surface area contributed by atoms with Crippen molar-refractivity contribution >= 4 is 0 Å². The first-order chi connectivity index (χ1) is 19.6. The van der Waals surface area contributed by atoms with Crippen LogP contribution in [0.25, 0.3) is 11.1 Å². The average Bonchev–Trinajstić information content (AvgIpc) is 2.93. The van der Waals surface area contributed by atoms with Crippen LogP contribution in [0.3, 0.4) is 0 Å². The zero-order valence-corrected chi connectivity index (χ0v) is 22.7. The van der Waals surface area contributed by atoms with Crippen molar-refractivity contribution in [1.29, 1.82) is 5.26 Å². The first-order valence-electron chi connectivity index (χ1n) is 14.1. The molecule has 0 unspecified atom stereocenters. The van der Waals surface area contributed by atoms with Crippen molar-refractivity contribution in [3.05, 3.63) is 88.5 Å². The van der Waals surface area contributed by atoms with Gasteiger partial charge in [0.2, 0.25) is 0 Å². The van der Waals surface area contributed by atoms with Crippen LogP contribution in [0, 0.1) is 46.4 Å². The smallest absolute Gasteiger partial charge is 0.400 e. The Kier molecular flexibility index (Phi) is 8.35. The second kappa shape index (κ2) is 11.8. The number of alkyl halides is 2. The number of nitrogens with zero attached hydrogens (tertiary/aromatic N) is 1. The lowest BCUT2D eigenvalue weighted by atomic mass is 9.76. The molecule has 3 aromatic rings. The minimum atomic E-state index is -3.59. The van der Waals surface area contributed by atoms with E-state index in [4.69, 9.17) is 10.00 Å². The van der Waals surface area contributed by atoms with E-state index in [1.807, 2.05) is 12.1 Å². The molecule has 0 aliphatic heterocycles. The van der Waals surface area contributed by atoms with Gasteiger partial charge in [-0.05, 0) is 103 Å². The summed E-state index contributed by atoms with van der Waals surface area (Å²) >= 11 is 0. The molecule has 8 heteroatoms. The quantitative estimate of drug-likeness (QED) is 0.276. The first-order valence-corrected chi connectivity index (χ1v) is 14.1. The third kappa shape index (κ3) is 6.24. The highest BCUT2D eigenvalue weighted by molar-refractivity contribution is 5.66. The Bertz CT molecular complexity index is 1430. The number of rotatable bonds is 6. The molecule has 216 valence electrons. The fraction of sp³-hybridized carbons (Fsp3) is 0.424. The summed E-state index contributed by atoms with van der Waals surface area (Å²) in [5.74, 6) is -4.23. The van der Waals surface area contributed by atoms with E-state index in [0.29, 0.717) is 30.2 Å². The van der Waals surface area contributed by atoms with E-state index in [1.54, 1.807) is 6.07 Å². The van der Waals surface area contributed by atoms with Gasteiger partial charge in [-0.3, -0.25) is 0 Å². The largest absolute Gasteiger partial charge is 0.432 e. The number of nitriles is 1. The van der Waals surface area contributed by atoms with Crippen LogP contribution in [0.4, 0.5) is 26.3 Å². The molecule has 2 aliphatic rings. The van der Waals surface area contributed by atoms with Gasteiger partial charge in [-0.1, -0.05) is 31.9 Å².